The average Bonchev–Trinajstić information content (AvgIpc) is 2.84. The Morgan fingerprint density at radius 2 is 1.49 bits per heavy atom. The average molecular weight is 526 g/mol. The van der Waals surface area contributed by atoms with Crippen molar-refractivity contribution >= 4 is 23.3 Å². The van der Waals surface area contributed by atoms with Crippen molar-refractivity contribution in [3.63, 3.8) is 0 Å². The molecule has 37 heavy (non-hydrogen) atoms. The number of benzene rings is 2. The van der Waals surface area contributed by atoms with Crippen LogP contribution in [0.3, 0.4) is 0 Å². The number of halogens is 6. The molecule has 3 aromatic rings. The van der Waals surface area contributed by atoms with Crippen LogP contribution in [0.4, 0.5) is 42.5 Å². The molecule has 0 saturated carbocycles. The van der Waals surface area contributed by atoms with Gasteiger partial charge in [0.2, 0.25) is 0 Å². The molecule has 0 aliphatic heterocycles. The highest BCUT2D eigenvalue weighted by Gasteiger charge is 2.69. The van der Waals surface area contributed by atoms with Crippen LogP contribution >= 0.6 is 0 Å². The zero-order valence-electron chi connectivity index (χ0n) is 19.3. The number of aromatic nitrogens is 1. The van der Waals surface area contributed by atoms with Crippen LogP contribution in [0.15, 0.2) is 66.9 Å². The van der Waals surface area contributed by atoms with E-state index in [-0.39, 0.29) is 24.0 Å². The molecule has 3 rings (SSSR count). The third-order valence-corrected chi connectivity index (χ3v) is 4.97. The van der Waals surface area contributed by atoms with E-state index >= 15 is 0 Å². The fourth-order valence-electron chi connectivity index (χ4n) is 3.01. The SMILES string of the molecule is CNC(=O)c1cc(Oc2ccc(NC(=O)Nc3cccc(C(F)(F)C(F)(F)C(C)(F)F)c3)cc2)ccn1. The van der Waals surface area contributed by atoms with Gasteiger partial charge >= 0.3 is 23.8 Å². The number of nitrogens with one attached hydrogen (secondary N) is 3. The van der Waals surface area contributed by atoms with Gasteiger partial charge < -0.3 is 20.7 Å². The van der Waals surface area contributed by atoms with Gasteiger partial charge in [0.05, 0.1) is 0 Å². The zero-order chi connectivity index (χ0) is 27.4. The number of anilines is 2. The Bertz CT molecular complexity index is 1280. The van der Waals surface area contributed by atoms with Crippen LogP contribution in [0.1, 0.15) is 23.0 Å². The molecule has 0 aliphatic rings. The van der Waals surface area contributed by atoms with Crippen LogP contribution in [0.25, 0.3) is 0 Å². The molecule has 1 heterocycles. The lowest BCUT2D eigenvalue weighted by Crippen LogP contribution is -2.50. The summed E-state index contributed by atoms with van der Waals surface area (Å²) in [5.74, 6) is -15.6. The summed E-state index contributed by atoms with van der Waals surface area (Å²) in [6, 6.07) is 11.0. The first-order valence-corrected chi connectivity index (χ1v) is 10.5. The summed E-state index contributed by atoms with van der Waals surface area (Å²) in [4.78, 5) is 27.8. The minimum atomic E-state index is -5.66. The van der Waals surface area contributed by atoms with Gasteiger partial charge in [-0.25, -0.2) is 4.79 Å². The summed E-state index contributed by atoms with van der Waals surface area (Å²) in [5.41, 5.74) is -1.32. The van der Waals surface area contributed by atoms with Crippen LogP contribution in [0.5, 0.6) is 11.5 Å². The van der Waals surface area contributed by atoms with Gasteiger partial charge in [0, 0.05) is 43.2 Å². The van der Waals surface area contributed by atoms with E-state index in [4.69, 9.17) is 4.74 Å². The highest BCUT2D eigenvalue weighted by molar-refractivity contribution is 5.99. The van der Waals surface area contributed by atoms with E-state index in [0.29, 0.717) is 23.6 Å². The second kappa shape index (κ2) is 10.4. The molecule has 196 valence electrons. The maximum Gasteiger partial charge on any atom is 0.375 e. The quantitative estimate of drug-likeness (QED) is 0.302. The Hall–Kier alpha value is -4.29. The number of pyridine rings is 1. The van der Waals surface area contributed by atoms with Crippen LogP contribution < -0.4 is 20.7 Å². The Morgan fingerprint density at radius 3 is 2.11 bits per heavy atom. The number of nitrogens with zero attached hydrogens (tertiary/aromatic N) is 1. The predicted molar refractivity (Wildman–Crippen MR) is 123 cm³/mol. The number of urea groups is 1. The molecular weight excluding hydrogens is 506 g/mol. The molecule has 3 amide bonds. The second-order valence-corrected chi connectivity index (χ2v) is 7.78. The molecule has 0 atom stereocenters. The van der Waals surface area contributed by atoms with E-state index in [2.05, 4.69) is 20.9 Å². The molecule has 13 heteroatoms. The number of rotatable bonds is 8. The molecule has 0 radical (unpaired) electrons. The minimum absolute atomic E-state index is 0.143. The van der Waals surface area contributed by atoms with E-state index in [9.17, 15) is 35.9 Å². The van der Waals surface area contributed by atoms with Crippen molar-refractivity contribution in [2.75, 3.05) is 17.7 Å². The van der Waals surface area contributed by atoms with Gasteiger partial charge in [-0.15, -0.1) is 0 Å². The topological polar surface area (TPSA) is 92.4 Å². The molecule has 0 fully saturated rings. The summed E-state index contributed by atoms with van der Waals surface area (Å²) in [6.07, 6.45) is 1.39. The second-order valence-electron chi connectivity index (χ2n) is 7.78. The smallest absolute Gasteiger partial charge is 0.375 e. The summed E-state index contributed by atoms with van der Waals surface area (Å²) in [7, 11) is 1.46. The highest BCUT2D eigenvalue weighted by atomic mass is 19.3. The van der Waals surface area contributed by atoms with Crippen LogP contribution in [0.2, 0.25) is 0 Å². The number of amides is 3. The van der Waals surface area contributed by atoms with Crippen LogP contribution in [0, 0.1) is 0 Å². The molecular formula is C24H20F6N4O3. The standard InChI is InChI=1S/C24H20F6N4O3/c1-22(25,26)24(29,30)23(27,28)14-4-3-5-16(12-14)34-21(36)33-15-6-8-17(9-7-15)37-18-10-11-32-19(13-18)20(35)31-2/h3-13H,1-2H3,(H,31,35)(H2,33,34,36). The Morgan fingerprint density at radius 1 is 0.838 bits per heavy atom. The molecule has 1 aromatic heterocycles. The maximum absolute atomic E-state index is 14.2. The third-order valence-electron chi connectivity index (χ3n) is 4.97. The number of carbonyl (C=O) groups is 2. The largest absolute Gasteiger partial charge is 0.457 e. The van der Waals surface area contributed by atoms with Crippen LogP contribution in [-0.4, -0.2) is 35.8 Å². The zero-order valence-corrected chi connectivity index (χ0v) is 19.3. The van der Waals surface area contributed by atoms with Gasteiger partial charge in [0.1, 0.15) is 17.2 Å². The fourth-order valence-corrected chi connectivity index (χ4v) is 3.01. The van der Waals surface area contributed by atoms with E-state index in [0.717, 1.165) is 12.1 Å². The summed E-state index contributed by atoms with van der Waals surface area (Å²) < 4.78 is 87.6. The lowest BCUT2D eigenvalue weighted by molar-refractivity contribution is -0.308. The molecule has 2 aromatic carbocycles. The molecule has 0 spiro atoms. The Labute approximate surface area is 206 Å². The van der Waals surface area contributed by atoms with E-state index in [1.165, 1.54) is 49.6 Å². The molecule has 7 nitrogen and oxygen atoms in total. The first-order valence-electron chi connectivity index (χ1n) is 10.5. The number of ether oxygens (including phenoxy) is 1. The normalized spacial score (nSPS) is 12.0. The molecule has 0 saturated heterocycles. The van der Waals surface area contributed by atoms with Gasteiger partial charge in [0.25, 0.3) is 5.91 Å². The predicted octanol–water partition coefficient (Wildman–Crippen LogP) is 6.26. The lowest BCUT2D eigenvalue weighted by atomic mass is 9.97. The molecule has 3 N–H and O–H groups in total. The Kier molecular flexibility index (Phi) is 7.65. The number of alkyl halides is 6. The van der Waals surface area contributed by atoms with E-state index < -0.39 is 35.3 Å². The maximum atomic E-state index is 14.2. The van der Waals surface area contributed by atoms with Crippen molar-refractivity contribution in [1.82, 2.24) is 10.3 Å². The third kappa shape index (κ3) is 6.11. The number of hydrogen-bond donors (Lipinski definition) is 3. The van der Waals surface area contributed by atoms with Gasteiger partial charge in [-0.05, 0) is 42.5 Å². The first-order chi connectivity index (χ1) is 17.2. The van der Waals surface area contributed by atoms with Crippen molar-refractivity contribution in [3.05, 3.63) is 78.1 Å². The number of hydrogen-bond acceptors (Lipinski definition) is 4. The van der Waals surface area contributed by atoms with Gasteiger partial charge in [-0.3, -0.25) is 9.78 Å². The minimum Gasteiger partial charge on any atom is -0.457 e. The fraction of sp³-hybridized carbons (Fsp3) is 0.208. The molecule has 0 bridgehead atoms. The van der Waals surface area contributed by atoms with E-state index in [1.807, 2.05) is 0 Å². The number of carbonyl (C=O) groups excluding carboxylic acids is 2. The van der Waals surface area contributed by atoms with Crippen molar-refractivity contribution in [2.45, 2.75) is 24.7 Å². The van der Waals surface area contributed by atoms with Crippen molar-refractivity contribution in [1.29, 1.82) is 0 Å². The summed E-state index contributed by atoms with van der Waals surface area (Å²) in [5, 5.41) is 7.01. The monoisotopic (exact) mass is 526 g/mol. The lowest BCUT2D eigenvalue weighted by Gasteiger charge is -2.31. The van der Waals surface area contributed by atoms with Gasteiger partial charge in [0.15, 0.2) is 0 Å². The van der Waals surface area contributed by atoms with Crippen molar-refractivity contribution in [3.8, 4) is 11.5 Å². The summed E-state index contributed by atoms with van der Waals surface area (Å²) >= 11 is 0. The van der Waals surface area contributed by atoms with Crippen molar-refractivity contribution < 1.29 is 40.7 Å². The Balaban J connectivity index is 1.65. The van der Waals surface area contributed by atoms with E-state index in [1.54, 1.807) is 0 Å². The van der Waals surface area contributed by atoms with Gasteiger partial charge in [-0.1, -0.05) is 12.1 Å². The van der Waals surface area contributed by atoms with Gasteiger partial charge in [-0.2, -0.15) is 26.3 Å². The highest BCUT2D eigenvalue weighted by Crippen LogP contribution is 2.51. The molecule has 0 aliphatic carbocycles. The molecule has 0 unspecified atom stereocenters. The van der Waals surface area contributed by atoms with Crippen molar-refractivity contribution in [2.24, 2.45) is 0 Å². The van der Waals surface area contributed by atoms with Crippen LogP contribution in [-0.2, 0) is 5.92 Å². The summed E-state index contributed by atoms with van der Waals surface area (Å²) in [6.45, 7) is -0.300. The first kappa shape index (κ1) is 27.3.